The Kier molecular flexibility index (Phi) is 7.73. The number of hydrogen-bond acceptors (Lipinski definition) is 3. The molecule has 1 aliphatic rings. The zero-order valence-corrected chi connectivity index (χ0v) is 32.3. The molecule has 9 aromatic carbocycles. The fourth-order valence-corrected chi connectivity index (χ4v) is 15.1. The lowest BCUT2D eigenvalue weighted by molar-refractivity contribution is 0.487. The highest BCUT2D eigenvalue weighted by molar-refractivity contribution is 7.26. The van der Waals surface area contributed by atoms with Crippen molar-refractivity contribution >= 4 is 88.2 Å². The van der Waals surface area contributed by atoms with Crippen molar-refractivity contribution in [2.45, 2.75) is 0 Å². The number of hydrogen-bond donors (Lipinski definition) is 0. The molecule has 0 fully saturated rings. The zero-order chi connectivity index (χ0) is 37.1. The third-order valence-corrected chi connectivity index (χ3v) is 17.4. The summed E-state index contributed by atoms with van der Waals surface area (Å²) >= 11 is 1.87. The predicted molar refractivity (Wildman–Crippen MR) is 241 cm³/mol. The smallest absolute Gasteiger partial charge is 0.188 e. The van der Waals surface area contributed by atoms with Crippen LogP contribution >= 0.6 is 11.3 Å². The lowest BCUT2D eigenvalue weighted by atomic mass is 9.98. The molecular weight excluding hydrogens is 715 g/mol. The molecule has 0 aliphatic carbocycles. The van der Waals surface area contributed by atoms with Crippen molar-refractivity contribution in [1.29, 1.82) is 0 Å². The lowest BCUT2D eigenvalue weighted by Crippen LogP contribution is -2.76. The molecule has 0 N–H and O–H groups in total. The van der Waals surface area contributed by atoms with Crippen LogP contribution in [0.5, 0.6) is 11.5 Å². The average Bonchev–Trinajstić information content (AvgIpc) is 3.66. The molecule has 2 heterocycles. The number of anilines is 3. The summed E-state index contributed by atoms with van der Waals surface area (Å²) in [4.78, 5) is 2.47. The number of rotatable bonds is 6. The van der Waals surface area contributed by atoms with Crippen molar-refractivity contribution < 1.29 is 4.74 Å². The number of fused-ring (bicyclic) bond motifs is 6. The zero-order valence-electron chi connectivity index (χ0n) is 30.5. The normalized spacial score (nSPS) is 12.9. The van der Waals surface area contributed by atoms with Crippen LogP contribution in [0.2, 0.25) is 0 Å². The second-order valence-electron chi connectivity index (χ2n) is 14.4. The Morgan fingerprint density at radius 2 is 1.04 bits per heavy atom. The third kappa shape index (κ3) is 5.07. The molecule has 1 aliphatic heterocycles. The molecule has 4 heteroatoms. The molecule has 10 aromatic rings. The van der Waals surface area contributed by atoms with Crippen LogP contribution in [-0.4, -0.2) is 8.07 Å². The fourth-order valence-electron chi connectivity index (χ4n) is 8.95. The summed E-state index contributed by atoms with van der Waals surface area (Å²) in [6, 6.07) is 77.7. The molecule has 0 spiro atoms. The topological polar surface area (TPSA) is 12.5 Å². The Morgan fingerprint density at radius 3 is 1.84 bits per heavy atom. The van der Waals surface area contributed by atoms with Crippen LogP contribution in [0.1, 0.15) is 0 Å². The van der Waals surface area contributed by atoms with Gasteiger partial charge in [0.25, 0.3) is 0 Å². The van der Waals surface area contributed by atoms with Crippen molar-refractivity contribution in [3.63, 3.8) is 0 Å². The first-order valence-electron chi connectivity index (χ1n) is 19.1. The van der Waals surface area contributed by atoms with E-state index in [9.17, 15) is 0 Å². The van der Waals surface area contributed by atoms with Gasteiger partial charge in [0.1, 0.15) is 11.5 Å². The summed E-state index contributed by atoms with van der Waals surface area (Å²) in [6.07, 6.45) is 0. The molecule has 0 unspecified atom stereocenters. The van der Waals surface area contributed by atoms with E-state index in [1.54, 1.807) is 0 Å². The minimum Gasteiger partial charge on any atom is -0.458 e. The van der Waals surface area contributed by atoms with Crippen LogP contribution in [-0.2, 0) is 0 Å². The van der Waals surface area contributed by atoms with Crippen molar-refractivity contribution in [2.75, 3.05) is 4.90 Å². The van der Waals surface area contributed by atoms with E-state index in [1.807, 2.05) is 11.3 Å². The molecule has 0 amide bonds. The Labute approximate surface area is 331 Å². The van der Waals surface area contributed by atoms with Gasteiger partial charge >= 0.3 is 0 Å². The summed E-state index contributed by atoms with van der Waals surface area (Å²) in [5.41, 5.74) is 5.84. The summed E-state index contributed by atoms with van der Waals surface area (Å²) in [5.74, 6) is 1.87. The molecule has 11 rings (SSSR count). The molecular formula is C52H35NOSSi. The monoisotopic (exact) mass is 749 g/mol. The van der Waals surface area contributed by atoms with Gasteiger partial charge in [-0.15, -0.1) is 11.3 Å². The minimum absolute atomic E-state index is 0.933. The first kappa shape index (κ1) is 32.7. The Balaban J connectivity index is 1.16. The Bertz CT molecular complexity index is 3030. The van der Waals surface area contributed by atoms with Gasteiger partial charge in [-0.2, -0.15) is 0 Å². The average molecular weight is 750 g/mol. The highest BCUT2D eigenvalue weighted by Gasteiger charge is 2.48. The van der Waals surface area contributed by atoms with E-state index < -0.39 is 8.07 Å². The minimum atomic E-state index is -2.86. The summed E-state index contributed by atoms with van der Waals surface area (Å²) in [6.45, 7) is 0. The molecule has 1 aromatic heterocycles. The van der Waals surface area contributed by atoms with Crippen LogP contribution in [0.15, 0.2) is 212 Å². The van der Waals surface area contributed by atoms with Crippen LogP contribution < -0.4 is 30.4 Å². The van der Waals surface area contributed by atoms with E-state index in [2.05, 4.69) is 217 Å². The van der Waals surface area contributed by atoms with Crippen LogP contribution in [0, 0.1) is 0 Å². The summed E-state index contributed by atoms with van der Waals surface area (Å²) < 4.78 is 9.23. The van der Waals surface area contributed by atoms with Gasteiger partial charge in [-0.1, -0.05) is 164 Å². The van der Waals surface area contributed by atoms with Gasteiger partial charge in [0, 0.05) is 26.8 Å². The number of ether oxygens (including phenoxy) is 1. The summed E-state index contributed by atoms with van der Waals surface area (Å²) in [7, 11) is -2.86. The van der Waals surface area contributed by atoms with Crippen molar-refractivity contribution in [1.82, 2.24) is 0 Å². The highest BCUT2D eigenvalue weighted by atomic mass is 32.1. The van der Waals surface area contributed by atoms with E-state index in [0.717, 1.165) is 22.9 Å². The first-order valence-corrected chi connectivity index (χ1v) is 21.9. The van der Waals surface area contributed by atoms with Crippen molar-refractivity contribution in [2.24, 2.45) is 0 Å². The fraction of sp³-hybridized carbons (Fsp3) is 0. The molecule has 0 saturated heterocycles. The standard InChI is InChI=1S/C52H35NOSSi/c1-2-18-40(19-3-1)56(50-29-10-7-26-47(50)54-48-27-8-11-30-51(48)56)41-20-13-17-39(35-41)53(46-25-14-24-45-44-22-6-9-28-49(44)55-52(45)46)38-33-31-37(32-34-38)43-23-12-16-36-15-4-5-21-42(36)43/h1-35H. The predicted octanol–water partition coefficient (Wildman–Crippen LogP) is 11.8. The van der Waals surface area contributed by atoms with E-state index >= 15 is 0 Å². The number of benzene rings is 9. The molecule has 0 atom stereocenters. The van der Waals surface area contributed by atoms with Gasteiger partial charge in [-0.3, -0.25) is 0 Å². The van der Waals surface area contributed by atoms with Crippen LogP contribution in [0.4, 0.5) is 17.1 Å². The van der Waals surface area contributed by atoms with Gasteiger partial charge in [0.15, 0.2) is 8.07 Å². The number of nitrogens with zero attached hydrogens (tertiary/aromatic N) is 1. The first-order chi connectivity index (χ1) is 27.8. The maximum atomic E-state index is 6.67. The maximum Gasteiger partial charge on any atom is 0.188 e. The quantitative estimate of drug-likeness (QED) is 0.157. The summed E-state index contributed by atoms with van der Waals surface area (Å²) in [5, 5.41) is 10.2. The molecule has 0 bridgehead atoms. The van der Waals surface area contributed by atoms with E-state index in [1.165, 1.54) is 68.5 Å². The highest BCUT2D eigenvalue weighted by Crippen LogP contribution is 2.45. The Morgan fingerprint density at radius 1 is 0.429 bits per heavy atom. The number of para-hydroxylation sites is 2. The molecule has 0 saturated carbocycles. The largest absolute Gasteiger partial charge is 0.458 e. The Hall–Kier alpha value is -6.72. The molecule has 56 heavy (non-hydrogen) atoms. The second kappa shape index (κ2) is 13.2. The molecule has 2 nitrogen and oxygen atoms in total. The van der Waals surface area contributed by atoms with Gasteiger partial charge in [0.2, 0.25) is 0 Å². The number of thiophene rings is 1. The van der Waals surface area contributed by atoms with E-state index in [4.69, 9.17) is 4.74 Å². The van der Waals surface area contributed by atoms with Crippen molar-refractivity contribution in [3.8, 4) is 22.6 Å². The van der Waals surface area contributed by atoms with Gasteiger partial charge in [-0.05, 0) is 91.2 Å². The lowest BCUT2D eigenvalue weighted by Gasteiger charge is -2.40. The van der Waals surface area contributed by atoms with Gasteiger partial charge in [-0.25, -0.2) is 0 Å². The van der Waals surface area contributed by atoms with Crippen LogP contribution in [0.3, 0.4) is 0 Å². The maximum absolute atomic E-state index is 6.67. The van der Waals surface area contributed by atoms with E-state index in [0.29, 0.717) is 0 Å². The van der Waals surface area contributed by atoms with Crippen LogP contribution in [0.25, 0.3) is 42.1 Å². The molecule has 0 radical (unpaired) electrons. The SMILES string of the molecule is c1ccc([Si]2(c3cccc(N(c4ccc(-c5cccc6ccccc56)cc4)c4cccc5c4sc4ccccc45)c3)c3ccccc3Oc3ccccc32)cc1. The van der Waals surface area contributed by atoms with Crippen molar-refractivity contribution in [3.05, 3.63) is 212 Å². The van der Waals surface area contributed by atoms with Gasteiger partial charge in [0.05, 0.1) is 10.4 Å². The third-order valence-electron chi connectivity index (χ3n) is 11.4. The van der Waals surface area contributed by atoms with E-state index in [-0.39, 0.29) is 0 Å². The second-order valence-corrected chi connectivity index (χ2v) is 19.2. The van der Waals surface area contributed by atoms with Gasteiger partial charge < -0.3 is 9.64 Å². The molecule has 264 valence electrons.